The minimum absolute atomic E-state index is 0.103. The third-order valence-corrected chi connectivity index (χ3v) is 4.12. The maximum Gasteiger partial charge on any atom is 0.222 e. The molecule has 3 heteroatoms. The van der Waals surface area contributed by atoms with Gasteiger partial charge in [0.15, 0.2) is 0 Å². The summed E-state index contributed by atoms with van der Waals surface area (Å²) in [5.41, 5.74) is 7.07. The van der Waals surface area contributed by atoms with Crippen molar-refractivity contribution >= 4 is 5.91 Å². The first-order valence-corrected chi connectivity index (χ1v) is 7.19. The van der Waals surface area contributed by atoms with Crippen molar-refractivity contribution in [3.63, 3.8) is 0 Å². The molecule has 3 unspecified atom stereocenters. The predicted octanol–water partition coefficient (Wildman–Crippen LogP) is 2.52. The van der Waals surface area contributed by atoms with Gasteiger partial charge in [-0.15, -0.1) is 0 Å². The van der Waals surface area contributed by atoms with Gasteiger partial charge < -0.3 is 10.6 Å². The SMILES string of the molecule is CC(N)CCC(=O)N1CCC(c2ccccc2)C1C. The molecule has 0 aromatic heterocycles. The topological polar surface area (TPSA) is 46.3 Å². The molecule has 1 amide bonds. The molecular formula is C16H24N2O. The average Bonchev–Trinajstić information content (AvgIpc) is 2.79. The number of hydrogen-bond acceptors (Lipinski definition) is 2. The van der Waals surface area contributed by atoms with Gasteiger partial charge in [0, 0.05) is 31.0 Å². The summed E-state index contributed by atoms with van der Waals surface area (Å²) < 4.78 is 0. The van der Waals surface area contributed by atoms with E-state index >= 15 is 0 Å². The van der Waals surface area contributed by atoms with Gasteiger partial charge in [-0.2, -0.15) is 0 Å². The van der Waals surface area contributed by atoms with Crippen LogP contribution in [0.25, 0.3) is 0 Å². The van der Waals surface area contributed by atoms with Gasteiger partial charge in [-0.25, -0.2) is 0 Å². The lowest BCUT2D eigenvalue weighted by molar-refractivity contribution is -0.132. The molecule has 1 aliphatic heterocycles. The summed E-state index contributed by atoms with van der Waals surface area (Å²) >= 11 is 0. The number of nitrogens with two attached hydrogens (primary N) is 1. The molecule has 1 saturated heterocycles. The van der Waals surface area contributed by atoms with E-state index in [2.05, 4.69) is 31.2 Å². The van der Waals surface area contributed by atoms with Crippen LogP contribution in [-0.2, 0) is 4.79 Å². The minimum atomic E-state index is 0.103. The highest BCUT2D eigenvalue weighted by Crippen LogP contribution is 2.33. The van der Waals surface area contributed by atoms with Gasteiger partial charge in [0.05, 0.1) is 0 Å². The van der Waals surface area contributed by atoms with Gasteiger partial charge in [0.2, 0.25) is 5.91 Å². The summed E-state index contributed by atoms with van der Waals surface area (Å²) in [6.07, 6.45) is 2.41. The van der Waals surface area contributed by atoms with E-state index in [1.54, 1.807) is 0 Å². The third-order valence-electron chi connectivity index (χ3n) is 4.12. The Morgan fingerprint density at radius 3 is 2.74 bits per heavy atom. The molecule has 1 aromatic rings. The molecule has 19 heavy (non-hydrogen) atoms. The fourth-order valence-corrected chi connectivity index (χ4v) is 2.93. The summed E-state index contributed by atoms with van der Waals surface area (Å²) in [6, 6.07) is 10.9. The molecule has 0 bridgehead atoms. The third kappa shape index (κ3) is 3.35. The molecule has 1 aromatic carbocycles. The fraction of sp³-hybridized carbons (Fsp3) is 0.562. The van der Waals surface area contributed by atoms with Crippen LogP contribution in [-0.4, -0.2) is 29.4 Å². The zero-order chi connectivity index (χ0) is 13.8. The molecular weight excluding hydrogens is 236 g/mol. The van der Waals surface area contributed by atoms with Crippen LogP contribution < -0.4 is 5.73 Å². The first kappa shape index (κ1) is 14.1. The van der Waals surface area contributed by atoms with Crippen molar-refractivity contribution in [3.05, 3.63) is 35.9 Å². The van der Waals surface area contributed by atoms with Gasteiger partial charge >= 0.3 is 0 Å². The van der Waals surface area contributed by atoms with Crippen LogP contribution in [0.5, 0.6) is 0 Å². The summed E-state index contributed by atoms with van der Waals surface area (Å²) in [5, 5.41) is 0. The molecule has 2 rings (SSSR count). The first-order valence-electron chi connectivity index (χ1n) is 7.19. The Bertz CT molecular complexity index is 416. The molecule has 0 radical (unpaired) electrons. The molecule has 3 nitrogen and oxygen atoms in total. The van der Waals surface area contributed by atoms with E-state index in [-0.39, 0.29) is 11.9 Å². The monoisotopic (exact) mass is 260 g/mol. The van der Waals surface area contributed by atoms with Crippen LogP contribution in [0.2, 0.25) is 0 Å². The molecule has 0 spiro atoms. The van der Waals surface area contributed by atoms with Gasteiger partial charge in [-0.1, -0.05) is 30.3 Å². The summed E-state index contributed by atoms with van der Waals surface area (Å²) in [6.45, 7) is 4.99. The Labute approximate surface area is 115 Å². The number of hydrogen-bond donors (Lipinski definition) is 1. The smallest absolute Gasteiger partial charge is 0.222 e. The van der Waals surface area contributed by atoms with Crippen LogP contribution >= 0.6 is 0 Å². The van der Waals surface area contributed by atoms with Gasteiger partial charge in [0.1, 0.15) is 0 Å². The number of carbonyl (C=O) groups excluding carboxylic acids is 1. The van der Waals surface area contributed by atoms with Gasteiger partial charge in [-0.3, -0.25) is 4.79 Å². The van der Waals surface area contributed by atoms with Crippen molar-refractivity contribution in [2.45, 2.75) is 51.1 Å². The number of rotatable bonds is 4. The highest BCUT2D eigenvalue weighted by molar-refractivity contribution is 5.77. The fourth-order valence-electron chi connectivity index (χ4n) is 2.93. The molecule has 3 atom stereocenters. The Kier molecular flexibility index (Phi) is 4.59. The molecule has 2 N–H and O–H groups in total. The van der Waals surface area contributed by atoms with E-state index in [0.717, 1.165) is 19.4 Å². The Morgan fingerprint density at radius 2 is 2.11 bits per heavy atom. The zero-order valence-electron chi connectivity index (χ0n) is 11.9. The second-order valence-electron chi connectivity index (χ2n) is 5.65. The highest BCUT2D eigenvalue weighted by Gasteiger charge is 2.34. The van der Waals surface area contributed by atoms with Crippen LogP contribution in [0.15, 0.2) is 30.3 Å². The lowest BCUT2D eigenvalue weighted by Crippen LogP contribution is -2.36. The molecule has 0 saturated carbocycles. The average molecular weight is 260 g/mol. The second-order valence-corrected chi connectivity index (χ2v) is 5.65. The Morgan fingerprint density at radius 1 is 1.42 bits per heavy atom. The zero-order valence-corrected chi connectivity index (χ0v) is 11.9. The van der Waals surface area contributed by atoms with E-state index in [1.807, 2.05) is 17.9 Å². The quantitative estimate of drug-likeness (QED) is 0.904. The summed E-state index contributed by atoms with van der Waals surface area (Å²) in [4.78, 5) is 14.2. The Hall–Kier alpha value is -1.35. The standard InChI is InChI=1S/C16H24N2O/c1-12(17)8-9-16(19)18-11-10-15(13(18)2)14-6-4-3-5-7-14/h3-7,12-13,15H,8-11,17H2,1-2H3. The molecule has 1 aliphatic rings. The van der Waals surface area contributed by atoms with Crippen LogP contribution in [0.3, 0.4) is 0 Å². The van der Waals surface area contributed by atoms with E-state index in [4.69, 9.17) is 5.73 Å². The van der Waals surface area contributed by atoms with Crippen molar-refractivity contribution in [1.29, 1.82) is 0 Å². The van der Waals surface area contributed by atoms with E-state index in [1.165, 1.54) is 5.56 Å². The second kappa shape index (κ2) is 6.20. The van der Waals surface area contributed by atoms with Crippen LogP contribution in [0, 0.1) is 0 Å². The number of carbonyl (C=O) groups is 1. The first-order chi connectivity index (χ1) is 9.09. The summed E-state index contributed by atoms with van der Waals surface area (Å²) in [7, 11) is 0. The minimum Gasteiger partial charge on any atom is -0.339 e. The largest absolute Gasteiger partial charge is 0.339 e. The lowest BCUT2D eigenvalue weighted by Gasteiger charge is -2.25. The normalized spacial score (nSPS) is 24.5. The van der Waals surface area contributed by atoms with E-state index < -0.39 is 0 Å². The number of nitrogens with zero attached hydrogens (tertiary/aromatic N) is 1. The summed E-state index contributed by atoms with van der Waals surface area (Å²) in [5.74, 6) is 0.726. The molecule has 0 aliphatic carbocycles. The van der Waals surface area contributed by atoms with Gasteiger partial charge in [0.25, 0.3) is 0 Å². The lowest BCUT2D eigenvalue weighted by atomic mass is 9.93. The van der Waals surface area contributed by atoms with Crippen molar-refractivity contribution in [2.24, 2.45) is 5.73 Å². The van der Waals surface area contributed by atoms with Crippen molar-refractivity contribution in [1.82, 2.24) is 4.90 Å². The van der Waals surface area contributed by atoms with Crippen molar-refractivity contribution < 1.29 is 4.79 Å². The predicted molar refractivity (Wildman–Crippen MR) is 77.9 cm³/mol. The maximum absolute atomic E-state index is 12.2. The van der Waals surface area contributed by atoms with Crippen molar-refractivity contribution in [3.8, 4) is 0 Å². The Balaban J connectivity index is 1.98. The van der Waals surface area contributed by atoms with Crippen molar-refractivity contribution in [2.75, 3.05) is 6.54 Å². The number of benzene rings is 1. The van der Waals surface area contributed by atoms with E-state index in [0.29, 0.717) is 18.4 Å². The molecule has 104 valence electrons. The van der Waals surface area contributed by atoms with Crippen LogP contribution in [0.1, 0.15) is 44.6 Å². The molecule has 1 fully saturated rings. The highest BCUT2D eigenvalue weighted by atomic mass is 16.2. The van der Waals surface area contributed by atoms with E-state index in [9.17, 15) is 4.79 Å². The number of likely N-dealkylation sites (tertiary alicyclic amines) is 1. The van der Waals surface area contributed by atoms with Gasteiger partial charge in [-0.05, 0) is 32.3 Å². The maximum atomic E-state index is 12.2. The van der Waals surface area contributed by atoms with Crippen LogP contribution in [0.4, 0.5) is 0 Å². The molecule has 1 heterocycles. The number of amides is 1.